The van der Waals surface area contributed by atoms with E-state index in [9.17, 15) is 0 Å². The first kappa shape index (κ1) is 22.8. The van der Waals surface area contributed by atoms with E-state index in [4.69, 9.17) is 14.5 Å². The number of guanidine groups is 1. The van der Waals surface area contributed by atoms with Crippen LogP contribution in [0.1, 0.15) is 27.2 Å². The second-order valence-corrected chi connectivity index (χ2v) is 6.19. The number of methoxy groups -OCH3 is 1. The van der Waals surface area contributed by atoms with Gasteiger partial charge in [-0.1, -0.05) is 6.92 Å². The smallest absolute Gasteiger partial charge is 0.195 e. The van der Waals surface area contributed by atoms with E-state index in [1.807, 2.05) is 25.1 Å². The maximum absolute atomic E-state index is 5.64. The summed E-state index contributed by atoms with van der Waals surface area (Å²) in [5.74, 6) is 2.93. The molecule has 1 atom stereocenters. The molecule has 148 valence electrons. The standard InChI is InChI=1S/C19H32N4O2.HI/c1-5-20-19(21-13-15-10-11-23(6-2)14-15)22-16-8-9-17(24-4)18(12-16)25-7-3;/h8-9,12,15H,5-7,10-11,13-14H2,1-4H3,(H2,20,21,22);1H. The molecule has 0 aliphatic carbocycles. The van der Waals surface area contributed by atoms with Crippen LogP contribution in [-0.4, -0.2) is 57.3 Å². The van der Waals surface area contributed by atoms with Crippen LogP contribution < -0.4 is 20.1 Å². The van der Waals surface area contributed by atoms with Crippen molar-refractivity contribution in [2.75, 3.05) is 51.8 Å². The molecule has 2 N–H and O–H groups in total. The number of hydrogen-bond acceptors (Lipinski definition) is 4. The van der Waals surface area contributed by atoms with Gasteiger partial charge in [-0.3, -0.25) is 4.99 Å². The van der Waals surface area contributed by atoms with E-state index >= 15 is 0 Å². The molecule has 1 aromatic carbocycles. The van der Waals surface area contributed by atoms with Gasteiger partial charge in [-0.25, -0.2) is 0 Å². The molecule has 1 saturated heterocycles. The van der Waals surface area contributed by atoms with Gasteiger partial charge < -0.3 is 25.0 Å². The molecule has 1 aliphatic heterocycles. The fourth-order valence-electron chi connectivity index (χ4n) is 3.04. The number of nitrogens with zero attached hydrogens (tertiary/aromatic N) is 2. The molecule has 0 spiro atoms. The second kappa shape index (κ2) is 12.2. The van der Waals surface area contributed by atoms with Crippen LogP contribution in [0.25, 0.3) is 0 Å². The van der Waals surface area contributed by atoms with Crippen molar-refractivity contribution in [3.63, 3.8) is 0 Å². The van der Waals surface area contributed by atoms with Crippen molar-refractivity contribution in [2.45, 2.75) is 27.2 Å². The third kappa shape index (κ3) is 6.83. The van der Waals surface area contributed by atoms with Gasteiger partial charge in [-0.2, -0.15) is 0 Å². The Balaban J connectivity index is 0.00000338. The Morgan fingerprint density at radius 2 is 2.08 bits per heavy atom. The van der Waals surface area contributed by atoms with Crippen molar-refractivity contribution in [1.29, 1.82) is 0 Å². The van der Waals surface area contributed by atoms with Gasteiger partial charge in [0.05, 0.1) is 13.7 Å². The average Bonchev–Trinajstić information content (AvgIpc) is 3.08. The lowest BCUT2D eigenvalue weighted by Crippen LogP contribution is -2.31. The van der Waals surface area contributed by atoms with E-state index in [0.717, 1.165) is 49.3 Å². The molecule has 0 saturated carbocycles. The number of halogens is 1. The minimum Gasteiger partial charge on any atom is -0.493 e. The van der Waals surface area contributed by atoms with Gasteiger partial charge in [0.1, 0.15) is 0 Å². The summed E-state index contributed by atoms with van der Waals surface area (Å²) < 4.78 is 11.0. The molecule has 1 heterocycles. The number of ether oxygens (including phenoxy) is 2. The highest BCUT2D eigenvalue weighted by Crippen LogP contribution is 2.30. The first-order valence-corrected chi connectivity index (χ1v) is 9.28. The highest BCUT2D eigenvalue weighted by Gasteiger charge is 2.20. The predicted molar refractivity (Wildman–Crippen MR) is 119 cm³/mol. The molecule has 1 fully saturated rings. The molecule has 0 aromatic heterocycles. The minimum absolute atomic E-state index is 0. The van der Waals surface area contributed by atoms with Crippen LogP contribution in [-0.2, 0) is 0 Å². The number of likely N-dealkylation sites (tertiary alicyclic amines) is 1. The summed E-state index contributed by atoms with van der Waals surface area (Å²) >= 11 is 0. The Labute approximate surface area is 174 Å². The van der Waals surface area contributed by atoms with Crippen molar-refractivity contribution in [3.8, 4) is 11.5 Å². The SMILES string of the molecule is CCNC(=NCC1CCN(CC)C1)Nc1ccc(OC)c(OCC)c1.I. The van der Waals surface area contributed by atoms with Gasteiger partial charge in [0.15, 0.2) is 17.5 Å². The van der Waals surface area contributed by atoms with E-state index < -0.39 is 0 Å². The van der Waals surface area contributed by atoms with Crippen molar-refractivity contribution < 1.29 is 9.47 Å². The zero-order valence-electron chi connectivity index (χ0n) is 16.4. The van der Waals surface area contributed by atoms with Crippen LogP contribution >= 0.6 is 24.0 Å². The Hall–Kier alpha value is -1.22. The molecule has 7 heteroatoms. The fraction of sp³-hybridized carbons (Fsp3) is 0.632. The first-order valence-electron chi connectivity index (χ1n) is 9.28. The topological polar surface area (TPSA) is 58.1 Å². The molecule has 0 amide bonds. The zero-order valence-corrected chi connectivity index (χ0v) is 18.7. The van der Waals surface area contributed by atoms with Crippen LogP contribution in [0.15, 0.2) is 23.2 Å². The zero-order chi connectivity index (χ0) is 18.1. The highest BCUT2D eigenvalue weighted by molar-refractivity contribution is 14.0. The van der Waals surface area contributed by atoms with Gasteiger partial charge in [-0.05, 0) is 51.4 Å². The number of anilines is 1. The van der Waals surface area contributed by atoms with Gasteiger partial charge in [0, 0.05) is 31.4 Å². The minimum atomic E-state index is 0. The predicted octanol–water partition coefficient (Wildman–Crippen LogP) is 3.43. The van der Waals surface area contributed by atoms with Gasteiger partial charge in [-0.15, -0.1) is 24.0 Å². The monoisotopic (exact) mass is 476 g/mol. The van der Waals surface area contributed by atoms with Crippen molar-refractivity contribution in [1.82, 2.24) is 10.2 Å². The number of hydrogen-bond donors (Lipinski definition) is 2. The molecule has 1 unspecified atom stereocenters. The molecule has 0 bridgehead atoms. The normalized spacial score (nSPS) is 17.5. The molecule has 0 radical (unpaired) electrons. The molecule has 6 nitrogen and oxygen atoms in total. The van der Waals surface area contributed by atoms with Gasteiger partial charge in [0.25, 0.3) is 0 Å². The second-order valence-electron chi connectivity index (χ2n) is 6.19. The number of aliphatic imine (C=N–C) groups is 1. The van der Waals surface area contributed by atoms with E-state index in [-0.39, 0.29) is 24.0 Å². The molecular formula is C19H33IN4O2. The van der Waals surface area contributed by atoms with Crippen LogP contribution in [0, 0.1) is 5.92 Å². The Bertz CT molecular complexity index is 568. The molecule has 26 heavy (non-hydrogen) atoms. The van der Waals surface area contributed by atoms with Crippen molar-refractivity contribution in [2.24, 2.45) is 10.9 Å². The summed E-state index contributed by atoms with van der Waals surface area (Å²) in [6, 6.07) is 5.83. The maximum Gasteiger partial charge on any atom is 0.195 e. The molecule has 1 aromatic rings. The van der Waals surface area contributed by atoms with E-state index in [1.165, 1.54) is 13.0 Å². The Kier molecular flexibility index (Phi) is 10.7. The van der Waals surface area contributed by atoms with Gasteiger partial charge >= 0.3 is 0 Å². The average molecular weight is 476 g/mol. The quantitative estimate of drug-likeness (QED) is 0.342. The van der Waals surface area contributed by atoms with E-state index in [1.54, 1.807) is 7.11 Å². The Morgan fingerprint density at radius 1 is 1.27 bits per heavy atom. The maximum atomic E-state index is 5.64. The number of nitrogens with one attached hydrogen (secondary N) is 2. The molecule has 1 aliphatic rings. The third-order valence-electron chi connectivity index (χ3n) is 4.40. The highest BCUT2D eigenvalue weighted by atomic mass is 127. The molecular weight excluding hydrogens is 443 g/mol. The Morgan fingerprint density at radius 3 is 2.69 bits per heavy atom. The van der Waals surface area contributed by atoms with Crippen LogP contribution in [0.4, 0.5) is 5.69 Å². The van der Waals surface area contributed by atoms with E-state index in [0.29, 0.717) is 12.5 Å². The lowest BCUT2D eigenvalue weighted by atomic mass is 10.1. The lowest BCUT2D eigenvalue weighted by molar-refractivity contribution is 0.311. The van der Waals surface area contributed by atoms with E-state index in [2.05, 4.69) is 29.4 Å². The fourth-order valence-corrected chi connectivity index (χ4v) is 3.04. The van der Waals surface area contributed by atoms with Crippen LogP contribution in [0.2, 0.25) is 0 Å². The lowest BCUT2D eigenvalue weighted by Gasteiger charge is -2.15. The number of rotatable bonds is 8. The third-order valence-corrected chi connectivity index (χ3v) is 4.40. The number of benzene rings is 1. The largest absolute Gasteiger partial charge is 0.493 e. The van der Waals surface area contributed by atoms with Gasteiger partial charge in [0.2, 0.25) is 0 Å². The summed E-state index contributed by atoms with van der Waals surface area (Å²) in [5.41, 5.74) is 0.936. The van der Waals surface area contributed by atoms with Crippen LogP contribution in [0.3, 0.4) is 0 Å². The van der Waals surface area contributed by atoms with Crippen LogP contribution in [0.5, 0.6) is 11.5 Å². The summed E-state index contributed by atoms with van der Waals surface area (Å²) in [4.78, 5) is 7.26. The summed E-state index contributed by atoms with van der Waals surface area (Å²) in [5, 5.41) is 6.68. The molecule has 2 rings (SSSR count). The summed E-state index contributed by atoms with van der Waals surface area (Å²) in [7, 11) is 1.65. The van der Waals surface area contributed by atoms with Crippen molar-refractivity contribution in [3.05, 3.63) is 18.2 Å². The van der Waals surface area contributed by atoms with Crippen molar-refractivity contribution >= 4 is 35.6 Å². The first-order chi connectivity index (χ1) is 12.2. The summed E-state index contributed by atoms with van der Waals surface area (Å²) in [6.45, 7) is 12.0. The summed E-state index contributed by atoms with van der Waals surface area (Å²) in [6.07, 6.45) is 1.23.